The lowest BCUT2D eigenvalue weighted by Gasteiger charge is -2.22. The Morgan fingerprint density at radius 1 is 1.25 bits per heavy atom. The predicted molar refractivity (Wildman–Crippen MR) is 63.3 cm³/mol. The highest BCUT2D eigenvalue weighted by atomic mass is 16.5. The Kier molecular flexibility index (Phi) is 6.92. The zero-order chi connectivity index (χ0) is 11.6. The molecule has 0 bridgehead atoms. The maximum Gasteiger partial charge on any atom is 0.315 e. The number of hydrogen-bond donors (Lipinski definition) is 3. The Morgan fingerprint density at radius 2 is 2.00 bits per heavy atom. The van der Waals surface area contributed by atoms with Gasteiger partial charge in [0.2, 0.25) is 0 Å². The maximum absolute atomic E-state index is 11.4. The summed E-state index contributed by atoms with van der Waals surface area (Å²) in [6.45, 7) is 2.13. The second-order valence-corrected chi connectivity index (χ2v) is 4.14. The zero-order valence-electron chi connectivity index (χ0n) is 9.84. The molecule has 1 rings (SSSR count). The molecule has 0 radical (unpaired) electrons. The standard InChI is InChI=1S/C11H23N3O2/c12-6-8-16-9-7-13-11(15)14-10-4-2-1-3-5-10/h10H,1-9,12H2,(H2,13,14,15). The molecule has 1 saturated carbocycles. The van der Waals surface area contributed by atoms with Crippen molar-refractivity contribution in [2.24, 2.45) is 5.73 Å². The van der Waals surface area contributed by atoms with Crippen LogP contribution in [0.1, 0.15) is 32.1 Å². The highest BCUT2D eigenvalue weighted by Gasteiger charge is 2.14. The fourth-order valence-corrected chi connectivity index (χ4v) is 1.91. The molecule has 2 amide bonds. The lowest BCUT2D eigenvalue weighted by molar-refractivity contribution is 0.143. The van der Waals surface area contributed by atoms with Crippen LogP contribution in [0.15, 0.2) is 0 Å². The number of carbonyl (C=O) groups is 1. The SMILES string of the molecule is NCCOCCNC(=O)NC1CCCCC1. The summed E-state index contributed by atoms with van der Waals surface area (Å²) in [5, 5.41) is 5.75. The van der Waals surface area contributed by atoms with Gasteiger partial charge in [-0.1, -0.05) is 19.3 Å². The molecule has 0 aromatic heterocycles. The number of amides is 2. The lowest BCUT2D eigenvalue weighted by Crippen LogP contribution is -2.43. The Morgan fingerprint density at radius 3 is 2.69 bits per heavy atom. The summed E-state index contributed by atoms with van der Waals surface area (Å²) in [7, 11) is 0. The third-order valence-corrected chi connectivity index (χ3v) is 2.73. The number of nitrogens with one attached hydrogen (secondary N) is 2. The van der Waals surface area contributed by atoms with Gasteiger partial charge < -0.3 is 21.1 Å². The quantitative estimate of drug-likeness (QED) is 0.584. The average Bonchev–Trinajstić information content (AvgIpc) is 2.30. The minimum atomic E-state index is -0.0803. The van der Waals surface area contributed by atoms with E-state index in [0.717, 1.165) is 12.8 Å². The van der Waals surface area contributed by atoms with Crippen molar-refractivity contribution in [2.45, 2.75) is 38.1 Å². The van der Waals surface area contributed by atoms with Gasteiger partial charge >= 0.3 is 6.03 Å². The molecule has 0 atom stereocenters. The molecule has 0 aliphatic heterocycles. The van der Waals surface area contributed by atoms with Gasteiger partial charge in [-0.15, -0.1) is 0 Å². The van der Waals surface area contributed by atoms with Crippen LogP contribution in [0.3, 0.4) is 0 Å². The minimum Gasteiger partial charge on any atom is -0.378 e. The summed E-state index contributed by atoms with van der Waals surface area (Å²) in [4.78, 5) is 11.4. The van der Waals surface area contributed by atoms with E-state index >= 15 is 0 Å². The predicted octanol–water partition coefficient (Wildman–Crippen LogP) is 0.594. The molecule has 0 spiro atoms. The van der Waals surface area contributed by atoms with Crippen LogP contribution in [0, 0.1) is 0 Å². The van der Waals surface area contributed by atoms with E-state index in [2.05, 4.69) is 10.6 Å². The third kappa shape index (κ3) is 5.92. The second-order valence-electron chi connectivity index (χ2n) is 4.14. The molecular weight excluding hydrogens is 206 g/mol. The zero-order valence-corrected chi connectivity index (χ0v) is 9.84. The average molecular weight is 229 g/mol. The summed E-state index contributed by atoms with van der Waals surface area (Å²) in [6.07, 6.45) is 5.97. The summed E-state index contributed by atoms with van der Waals surface area (Å²) >= 11 is 0. The van der Waals surface area contributed by atoms with Crippen LogP contribution in [0.5, 0.6) is 0 Å². The Bertz CT molecular complexity index is 194. The molecule has 5 heteroatoms. The Hall–Kier alpha value is -0.810. The first-order chi connectivity index (χ1) is 7.83. The molecule has 94 valence electrons. The normalized spacial score (nSPS) is 17.1. The molecule has 0 aromatic rings. The van der Waals surface area contributed by atoms with Crippen molar-refractivity contribution in [1.82, 2.24) is 10.6 Å². The largest absolute Gasteiger partial charge is 0.378 e. The molecule has 16 heavy (non-hydrogen) atoms. The van der Waals surface area contributed by atoms with Gasteiger partial charge in [-0.05, 0) is 12.8 Å². The molecular formula is C11H23N3O2. The first kappa shape index (κ1) is 13.3. The second kappa shape index (κ2) is 8.35. The van der Waals surface area contributed by atoms with Gasteiger partial charge in [0.1, 0.15) is 0 Å². The van der Waals surface area contributed by atoms with Gasteiger partial charge in [0.15, 0.2) is 0 Å². The van der Waals surface area contributed by atoms with E-state index in [4.69, 9.17) is 10.5 Å². The molecule has 0 aromatic carbocycles. The van der Waals surface area contributed by atoms with Crippen molar-refractivity contribution in [1.29, 1.82) is 0 Å². The van der Waals surface area contributed by atoms with Crippen LogP contribution in [0.25, 0.3) is 0 Å². The van der Waals surface area contributed by atoms with E-state index in [1.165, 1.54) is 19.3 Å². The monoisotopic (exact) mass is 229 g/mol. The first-order valence-electron chi connectivity index (χ1n) is 6.15. The molecule has 1 fully saturated rings. The number of carbonyl (C=O) groups excluding carboxylic acids is 1. The van der Waals surface area contributed by atoms with Crippen molar-refractivity contribution < 1.29 is 9.53 Å². The van der Waals surface area contributed by atoms with Gasteiger partial charge in [-0.2, -0.15) is 0 Å². The van der Waals surface area contributed by atoms with Crippen LogP contribution in [-0.2, 0) is 4.74 Å². The summed E-state index contributed by atoms with van der Waals surface area (Å²) < 4.78 is 5.16. The number of nitrogens with two attached hydrogens (primary N) is 1. The van der Waals surface area contributed by atoms with E-state index in [0.29, 0.717) is 32.3 Å². The Labute approximate surface area is 97.1 Å². The van der Waals surface area contributed by atoms with Gasteiger partial charge in [-0.3, -0.25) is 0 Å². The minimum absolute atomic E-state index is 0.0803. The van der Waals surface area contributed by atoms with Gasteiger partial charge in [0.05, 0.1) is 13.2 Å². The van der Waals surface area contributed by atoms with Crippen LogP contribution < -0.4 is 16.4 Å². The van der Waals surface area contributed by atoms with E-state index < -0.39 is 0 Å². The molecule has 4 N–H and O–H groups in total. The number of ether oxygens (including phenoxy) is 1. The summed E-state index contributed by atoms with van der Waals surface area (Å²) in [6, 6.07) is 0.280. The van der Waals surface area contributed by atoms with E-state index in [1.54, 1.807) is 0 Å². The first-order valence-corrected chi connectivity index (χ1v) is 6.15. The smallest absolute Gasteiger partial charge is 0.315 e. The maximum atomic E-state index is 11.4. The molecule has 1 aliphatic rings. The van der Waals surface area contributed by atoms with E-state index in [9.17, 15) is 4.79 Å². The van der Waals surface area contributed by atoms with Gasteiger partial charge in [0, 0.05) is 19.1 Å². The van der Waals surface area contributed by atoms with Crippen LogP contribution in [0.4, 0.5) is 4.79 Å². The molecule has 5 nitrogen and oxygen atoms in total. The van der Waals surface area contributed by atoms with Crippen molar-refractivity contribution in [3.05, 3.63) is 0 Å². The molecule has 0 unspecified atom stereocenters. The molecule has 1 aliphatic carbocycles. The number of urea groups is 1. The van der Waals surface area contributed by atoms with Crippen molar-refractivity contribution in [3.63, 3.8) is 0 Å². The Balaban J connectivity index is 1.97. The fraction of sp³-hybridized carbons (Fsp3) is 0.909. The highest BCUT2D eigenvalue weighted by Crippen LogP contribution is 2.16. The van der Waals surface area contributed by atoms with E-state index in [-0.39, 0.29) is 6.03 Å². The van der Waals surface area contributed by atoms with Gasteiger partial charge in [-0.25, -0.2) is 4.79 Å². The van der Waals surface area contributed by atoms with Crippen molar-refractivity contribution >= 4 is 6.03 Å². The summed E-state index contributed by atoms with van der Waals surface area (Å²) in [5.74, 6) is 0. The van der Waals surface area contributed by atoms with Crippen LogP contribution >= 0.6 is 0 Å². The molecule has 0 saturated heterocycles. The van der Waals surface area contributed by atoms with Gasteiger partial charge in [0.25, 0.3) is 0 Å². The van der Waals surface area contributed by atoms with Crippen LogP contribution in [0.2, 0.25) is 0 Å². The number of hydrogen-bond acceptors (Lipinski definition) is 3. The number of rotatable bonds is 6. The van der Waals surface area contributed by atoms with E-state index in [1.807, 2.05) is 0 Å². The third-order valence-electron chi connectivity index (χ3n) is 2.73. The fourth-order valence-electron chi connectivity index (χ4n) is 1.91. The summed E-state index contributed by atoms with van der Waals surface area (Å²) in [5.41, 5.74) is 5.27. The lowest BCUT2D eigenvalue weighted by atomic mass is 9.96. The van der Waals surface area contributed by atoms with Crippen molar-refractivity contribution in [3.8, 4) is 0 Å². The molecule has 0 heterocycles. The highest BCUT2D eigenvalue weighted by molar-refractivity contribution is 5.74. The topological polar surface area (TPSA) is 76.4 Å². The van der Waals surface area contributed by atoms with Crippen molar-refractivity contribution in [2.75, 3.05) is 26.3 Å². The van der Waals surface area contributed by atoms with Crippen LogP contribution in [-0.4, -0.2) is 38.4 Å².